The van der Waals surface area contributed by atoms with E-state index in [-0.39, 0.29) is 0 Å². The van der Waals surface area contributed by atoms with Gasteiger partial charge < -0.3 is 10.2 Å². The van der Waals surface area contributed by atoms with Gasteiger partial charge in [-0.1, -0.05) is 0 Å². The molecule has 1 aromatic rings. The number of hydrogen-bond acceptors (Lipinski definition) is 4. The second kappa shape index (κ2) is 4.78. The Labute approximate surface area is 97.1 Å². The van der Waals surface area contributed by atoms with Gasteiger partial charge in [0.1, 0.15) is 0 Å². The number of nitrogens with zero attached hydrogens (tertiary/aromatic N) is 3. The number of hydrogen-bond donors (Lipinski definition) is 1. The number of aryl methyl sites for hydroxylation is 2. The van der Waals surface area contributed by atoms with Gasteiger partial charge in [-0.25, -0.2) is 9.97 Å². The van der Waals surface area contributed by atoms with E-state index < -0.39 is 0 Å². The predicted molar refractivity (Wildman–Crippen MR) is 65.8 cm³/mol. The molecular formula is C12H20N4. The third-order valence-electron chi connectivity index (χ3n) is 3.14. The van der Waals surface area contributed by atoms with E-state index in [0.29, 0.717) is 6.04 Å². The van der Waals surface area contributed by atoms with Gasteiger partial charge >= 0.3 is 0 Å². The maximum atomic E-state index is 4.50. The van der Waals surface area contributed by atoms with Crippen LogP contribution in [0, 0.1) is 13.8 Å². The van der Waals surface area contributed by atoms with Crippen LogP contribution in [0.2, 0.25) is 0 Å². The second-order valence-corrected chi connectivity index (χ2v) is 4.54. The van der Waals surface area contributed by atoms with Crippen molar-refractivity contribution in [3.63, 3.8) is 0 Å². The van der Waals surface area contributed by atoms with Gasteiger partial charge in [0.05, 0.1) is 0 Å². The van der Waals surface area contributed by atoms with E-state index in [4.69, 9.17) is 0 Å². The van der Waals surface area contributed by atoms with E-state index in [1.807, 2.05) is 19.9 Å². The summed E-state index contributed by atoms with van der Waals surface area (Å²) >= 11 is 0. The first-order valence-electron chi connectivity index (χ1n) is 5.92. The maximum absolute atomic E-state index is 4.50. The van der Waals surface area contributed by atoms with E-state index >= 15 is 0 Å². The van der Waals surface area contributed by atoms with Crippen LogP contribution in [0.3, 0.4) is 0 Å². The minimum atomic E-state index is 0.572. The number of nitrogens with one attached hydrogen (secondary N) is 1. The zero-order chi connectivity index (χ0) is 11.5. The van der Waals surface area contributed by atoms with E-state index in [2.05, 4.69) is 27.2 Å². The Bertz CT molecular complexity index is 338. The molecule has 0 spiro atoms. The molecule has 2 heterocycles. The van der Waals surface area contributed by atoms with Crippen LogP contribution in [-0.4, -0.2) is 36.1 Å². The number of anilines is 1. The Morgan fingerprint density at radius 3 is 2.31 bits per heavy atom. The topological polar surface area (TPSA) is 41.1 Å². The second-order valence-electron chi connectivity index (χ2n) is 4.54. The minimum Gasteiger partial charge on any atom is -0.341 e. The summed E-state index contributed by atoms with van der Waals surface area (Å²) in [6.45, 7) is 6.24. The minimum absolute atomic E-state index is 0.572. The van der Waals surface area contributed by atoms with Crippen LogP contribution in [0.15, 0.2) is 6.07 Å². The summed E-state index contributed by atoms with van der Waals surface area (Å²) in [4.78, 5) is 11.2. The molecule has 0 atom stereocenters. The zero-order valence-corrected chi connectivity index (χ0v) is 10.3. The Kier molecular flexibility index (Phi) is 3.39. The van der Waals surface area contributed by atoms with Crippen molar-refractivity contribution < 1.29 is 0 Å². The molecule has 1 fully saturated rings. The summed E-state index contributed by atoms with van der Waals surface area (Å²) in [5.41, 5.74) is 2.09. The van der Waals surface area contributed by atoms with Crippen molar-refractivity contribution >= 4 is 5.95 Å². The summed E-state index contributed by atoms with van der Waals surface area (Å²) in [7, 11) is 2.10. The monoisotopic (exact) mass is 220 g/mol. The molecule has 4 nitrogen and oxygen atoms in total. The molecule has 0 aliphatic carbocycles. The third-order valence-corrected chi connectivity index (χ3v) is 3.14. The summed E-state index contributed by atoms with van der Waals surface area (Å²) in [5.74, 6) is 0.865. The fourth-order valence-corrected chi connectivity index (χ4v) is 2.22. The van der Waals surface area contributed by atoms with Crippen LogP contribution in [0.1, 0.15) is 24.2 Å². The fourth-order valence-electron chi connectivity index (χ4n) is 2.22. The highest BCUT2D eigenvalue weighted by Crippen LogP contribution is 2.16. The van der Waals surface area contributed by atoms with Crippen molar-refractivity contribution in [2.45, 2.75) is 32.7 Å². The van der Waals surface area contributed by atoms with Crippen LogP contribution in [0.5, 0.6) is 0 Å². The van der Waals surface area contributed by atoms with Gasteiger partial charge in [-0.05, 0) is 45.8 Å². The standard InChI is InChI=1S/C12H20N4/c1-9-8-10(2)15-12(14-9)16(3)11-4-6-13-7-5-11/h8,11,13H,4-7H2,1-3H3. The molecule has 0 bridgehead atoms. The molecule has 88 valence electrons. The average molecular weight is 220 g/mol. The lowest BCUT2D eigenvalue weighted by Gasteiger charge is -2.31. The lowest BCUT2D eigenvalue weighted by Crippen LogP contribution is -2.42. The first-order chi connectivity index (χ1) is 7.66. The van der Waals surface area contributed by atoms with Gasteiger partial charge in [0.25, 0.3) is 0 Å². The van der Waals surface area contributed by atoms with Crippen molar-refractivity contribution in [2.24, 2.45) is 0 Å². The first kappa shape index (κ1) is 11.3. The molecule has 0 unspecified atom stereocenters. The van der Waals surface area contributed by atoms with Gasteiger partial charge in [0, 0.05) is 24.5 Å². The highest BCUT2D eigenvalue weighted by Gasteiger charge is 2.19. The molecule has 2 rings (SSSR count). The van der Waals surface area contributed by atoms with E-state index in [1.165, 1.54) is 12.8 Å². The largest absolute Gasteiger partial charge is 0.341 e. The summed E-state index contributed by atoms with van der Waals surface area (Å²) in [6, 6.07) is 2.59. The molecule has 1 saturated heterocycles. The molecule has 1 aliphatic rings. The molecular weight excluding hydrogens is 200 g/mol. The van der Waals surface area contributed by atoms with Crippen LogP contribution in [0.25, 0.3) is 0 Å². The van der Waals surface area contributed by atoms with E-state index in [0.717, 1.165) is 30.4 Å². The maximum Gasteiger partial charge on any atom is 0.225 e. The molecule has 0 aromatic carbocycles. The third kappa shape index (κ3) is 2.50. The van der Waals surface area contributed by atoms with Crippen molar-refractivity contribution in [3.8, 4) is 0 Å². The Hall–Kier alpha value is -1.16. The average Bonchev–Trinajstić information content (AvgIpc) is 2.28. The van der Waals surface area contributed by atoms with E-state index in [9.17, 15) is 0 Å². The molecule has 0 amide bonds. The number of piperidine rings is 1. The molecule has 1 aromatic heterocycles. The van der Waals surface area contributed by atoms with Gasteiger partial charge in [-0.3, -0.25) is 0 Å². The highest BCUT2D eigenvalue weighted by atomic mass is 15.3. The van der Waals surface area contributed by atoms with Crippen molar-refractivity contribution in [1.29, 1.82) is 0 Å². The van der Waals surface area contributed by atoms with Crippen LogP contribution in [-0.2, 0) is 0 Å². The molecule has 1 N–H and O–H groups in total. The Balaban J connectivity index is 2.15. The molecule has 1 aliphatic heterocycles. The van der Waals surface area contributed by atoms with Crippen LogP contribution < -0.4 is 10.2 Å². The van der Waals surface area contributed by atoms with E-state index in [1.54, 1.807) is 0 Å². The number of aromatic nitrogens is 2. The summed E-state index contributed by atoms with van der Waals surface area (Å²) < 4.78 is 0. The van der Waals surface area contributed by atoms with Gasteiger partial charge in [0.2, 0.25) is 5.95 Å². The lowest BCUT2D eigenvalue weighted by atomic mass is 10.1. The van der Waals surface area contributed by atoms with Gasteiger partial charge in [-0.2, -0.15) is 0 Å². The molecule has 0 saturated carbocycles. The lowest BCUT2D eigenvalue weighted by molar-refractivity contribution is 0.439. The predicted octanol–water partition coefficient (Wildman–Crippen LogP) is 1.28. The quantitative estimate of drug-likeness (QED) is 0.815. The normalized spacial score (nSPS) is 17.4. The smallest absolute Gasteiger partial charge is 0.225 e. The van der Waals surface area contributed by atoms with Crippen LogP contribution in [0.4, 0.5) is 5.95 Å². The van der Waals surface area contributed by atoms with Crippen molar-refractivity contribution in [3.05, 3.63) is 17.5 Å². The summed E-state index contributed by atoms with van der Waals surface area (Å²) in [5, 5.41) is 3.38. The summed E-state index contributed by atoms with van der Waals surface area (Å²) in [6.07, 6.45) is 2.35. The fraction of sp³-hybridized carbons (Fsp3) is 0.667. The zero-order valence-electron chi connectivity index (χ0n) is 10.3. The SMILES string of the molecule is Cc1cc(C)nc(N(C)C2CCNCC2)n1. The Morgan fingerprint density at radius 2 is 1.75 bits per heavy atom. The van der Waals surface area contributed by atoms with Crippen molar-refractivity contribution in [1.82, 2.24) is 15.3 Å². The van der Waals surface area contributed by atoms with Crippen LogP contribution >= 0.6 is 0 Å². The molecule has 16 heavy (non-hydrogen) atoms. The van der Waals surface area contributed by atoms with Gasteiger partial charge in [0.15, 0.2) is 0 Å². The first-order valence-corrected chi connectivity index (χ1v) is 5.92. The Morgan fingerprint density at radius 1 is 1.19 bits per heavy atom. The van der Waals surface area contributed by atoms with Gasteiger partial charge in [-0.15, -0.1) is 0 Å². The molecule has 4 heteroatoms. The molecule has 0 radical (unpaired) electrons. The van der Waals surface area contributed by atoms with Crippen molar-refractivity contribution in [2.75, 3.05) is 25.0 Å². The number of rotatable bonds is 2. The highest BCUT2D eigenvalue weighted by molar-refractivity contribution is 5.32.